The largest absolute Gasteiger partial charge is 0.432 e. The van der Waals surface area contributed by atoms with Gasteiger partial charge in [-0.15, -0.1) is 0 Å². The summed E-state index contributed by atoms with van der Waals surface area (Å²) in [5.74, 6) is 0.918. The lowest BCUT2D eigenvalue weighted by Gasteiger charge is -2.29. The summed E-state index contributed by atoms with van der Waals surface area (Å²) in [5, 5.41) is 7.82. The van der Waals surface area contributed by atoms with E-state index in [0.717, 1.165) is 11.3 Å². The molecule has 25 heavy (non-hydrogen) atoms. The number of benzene rings is 2. The third-order valence-corrected chi connectivity index (χ3v) is 4.26. The Balaban J connectivity index is 1.82. The fraction of sp³-hybridized carbons (Fsp3) is 0.211. The number of rotatable bonds is 4. The lowest BCUT2D eigenvalue weighted by atomic mass is 10.00. The van der Waals surface area contributed by atoms with E-state index in [2.05, 4.69) is 15.4 Å². The van der Waals surface area contributed by atoms with Gasteiger partial charge in [-0.2, -0.15) is 14.8 Å². The standard InChI is InChI=1S/C19H18N4O2/c1-14-20-18(21-16-10-6-3-7-11-16)23(22-14)19(13-12-17(24)25-19)15-8-4-2-5-9-15/h2-11H,12-13H2,1H3,(H,20,21,22). The first-order chi connectivity index (χ1) is 12.2. The van der Waals surface area contributed by atoms with Crippen LogP contribution in [0.4, 0.5) is 11.6 Å². The number of hydrogen-bond acceptors (Lipinski definition) is 5. The normalized spacial score (nSPS) is 19.6. The second kappa shape index (κ2) is 6.05. The molecule has 6 heteroatoms. The van der Waals surface area contributed by atoms with Crippen molar-refractivity contribution in [3.63, 3.8) is 0 Å². The van der Waals surface area contributed by atoms with Crippen LogP contribution in [0, 0.1) is 6.92 Å². The van der Waals surface area contributed by atoms with Crippen molar-refractivity contribution in [3.05, 3.63) is 72.1 Å². The molecule has 2 heterocycles. The molecule has 1 N–H and O–H groups in total. The zero-order valence-corrected chi connectivity index (χ0v) is 13.8. The predicted octanol–water partition coefficient (Wildman–Crippen LogP) is 3.37. The number of cyclic esters (lactones) is 1. The van der Waals surface area contributed by atoms with E-state index in [0.29, 0.717) is 24.6 Å². The van der Waals surface area contributed by atoms with Gasteiger partial charge in [0.1, 0.15) is 5.82 Å². The Morgan fingerprint density at radius 1 is 1.08 bits per heavy atom. The maximum atomic E-state index is 12.0. The molecule has 0 amide bonds. The van der Waals surface area contributed by atoms with Crippen LogP contribution in [0.15, 0.2) is 60.7 Å². The summed E-state index contributed by atoms with van der Waals surface area (Å²) >= 11 is 0. The number of carbonyl (C=O) groups excluding carboxylic acids is 1. The molecule has 4 rings (SSSR count). The number of aryl methyl sites for hydroxylation is 1. The van der Waals surface area contributed by atoms with Crippen LogP contribution in [-0.2, 0) is 15.3 Å². The zero-order chi connectivity index (χ0) is 17.3. The summed E-state index contributed by atoms with van der Waals surface area (Å²) in [7, 11) is 0. The predicted molar refractivity (Wildman–Crippen MR) is 93.3 cm³/mol. The second-order valence-corrected chi connectivity index (χ2v) is 6.01. The third kappa shape index (κ3) is 2.76. The van der Waals surface area contributed by atoms with Crippen LogP contribution in [0.1, 0.15) is 24.2 Å². The van der Waals surface area contributed by atoms with Gasteiger partial charge in [0.05, 0.1) is 6.42 Å². The first-order valence-electron chi connectivity index (χ1n) is 8.21. The molecule has 1 saturated heterocycles. The quantitative estimate of drug-likeness (QED) is 0.741. The second-order valence-electron chi connectivity index (χ2n) is 6.01. The Bertz CT molecular complexity index is 892. The highest BCUT2D eigenvalue weighted by molar-refractivity contribution is 5.73. The number of aromatic nitrogens is 3. The average Bonchev–Trinajstić information content (AvgIpc) is 3.20. The lowest BCUT2D eigenvalue weighted by molar-refractivity contribution is -0.152. The molecular weight excluding hydrogens is 316 g/mol. The summed E-state index contributed by atoms with van der Waals surface area (Å²) in [6, 6.07) is 19.4. The summed E-state index contributed by atoms with van der Waals surface area (Å²) in [5.41, 5.74) is 0.794. The van der Waals surface area contributed by atoms with Gasteiger partial charge in [-0.3, -0.25) is 4.79 Å². The number of esters is 1. The van der Waals surface area contributed by atoms with E-state index < -0.39 is 5.72 Å². The Kier molecular flexibility index (Phi) is 3.72. The van der Waals surface area contributed by atoms with Crippen LogP contribution < -0.4 is 5.32 Å². The van der Waals surface area contributed by atoms with Crippen molar-refractivity contribution in [3.8, 4) is 0 Å². The Morgan fingerprint density at radius 2 is 1.76 bits per heavy atom. The molecule has 126 valence electrons. The van der Waals surface area contributed by atoms with E-state index in [9.17, 15) is 4.79 Å². The number of para-hydroxylation sites is 1. The molecule has 1 aromatic heterocycles. The molecule has 0 spiro atoms. The highest BCUT2D eigenvalue weighted by Gasteiger charge is 2.46. The maximum absolute atomic E-state index is 12.0. The average molecular weight is 334 g/mol. The van der Waals surface area contributed by atoms with Gasteiger partial charge in [0.25, 0.3) is 0 Å². The van der Waals surface area contributed by atoms with Crippen molar-refractivity contribution in [2.75, 3.05) is 5.32 Å². The molecule has 1 aliphatic rings. The van der Waals surface area contributed by atoms with Gasteiger partial charge in [-0.25, -0.2) is 0 Å². The summed E-state index contributed by atoms with van der Waals surface area (Å²) in [4.78, 5) is 16.5. The monoisotopic (exact) mass is 334 g/mol. The van der Waals surface area contributed by atoms with E-state index in [-0.39, 0.29) is 5.97 Å². The van der Waals surface area contributed by atoms with Crippen molar-refractivity contribution < 1.29 is 9.53 Å². The Morgan fingerprint density at radius 3 is 2.40 bits per heavy atom. The fourth-order valence-corrected chi connectivity index (χ4v) is 3.13. The number of nitrogens with zero attached hydrogens (tertiary/aromatic N) is 3. The molecular formula is C19H18N4O2. The van der Waals surface area contributed by atoms with Crippen molar-refractivity contribution in [2.24, 2.45) is 0 Å². The molecule has 0 saturated carbocycles. The minimum atomic E-state index is -0.975. The van der Waals surface area contributed by atoms with Crippen LogP contribution in [-0.4, -0.2) is 20.7 Å². The molecule has 0 bridgehead atoms. The van der Waals surface area contributed by atoms with Crippen LogP contribution in [0.5, 0.6) is 0 Å². The molecule has 1 unspecified atom stereocenters. The van der Waals surface area contributed by atoms with Crippen molar-refractivity contribution in [1.82, 2.24) is 14.8 Å². The van der Waals surface area contributed by atoms with E-state index in [4.69, 9.17) is 4.74 Å². The molecule has 1 atom stereocenters. The minimum absolute atomic E-state index is 0.234. The number of ether oxygens (including phenoxy) is 1. The first-order valence-corrected chi connectivity index (χ1v) is 8.21. The summed E-state index contributed by atoms with van der Waals surface area (Å²) in [6.07, 6.45) is 0.862. The number of anilines is 2. The van der Waals surface area contributed by atoms with Crippen molar-refractivity contribution >= 4 is 17.6 Å². The minimum Gasteiger partial charge on any atom is -0.432 e. The molecule has 0 aliphatic carbocycles. The number of nitrogens with one attached hydrogen (secondary N) is 1. The maximum Gasteiger partial charge on any atom is 0.308 e. The van der Waals surface area contributed by atoms with E-state index in [1.54, 1.807) is 4.68 Å². The van der Waals surface area contributed by atoms with Gasteiger partial charge in [-0.05, 0) is 19.1 Å². The van der Waals surface area contributed by atoms with Crippen LogP contribution in [0.2, 0.25) is 0 Å². The van der Waals surface area contributed by atoms with Crippen LogP contribution in [0.3, 0.4) is 0 Å². The molecule has 2 aromatic carbocycles. The highest BCUT2D eigenvalue weighted by atomic mass is 16.6. The molecule has 0 radical (unpaired) electrons. The fourth-order valence-electron chi connectivity index (χ4n) is 3.13. The van der Waals surface area contributed by atoms with Crippen LogP contribution >= 0.6 is 0 Å². The smallest absolute Gasteiger partial charge is 0.308 e. The van der Waals surface area contributed by atoms with E-state index in [1.165, 1.54) is 0 Å². The van der Waals surface area contributed by atoms with Crippen molar-refractivity contribution in [1.29, 1.82) is 0 Å². The van der Waals surface area contributed by atoms with Gasteiger partial charge < -0.3 is 10.1 Å². The van der Waals surface area contributed by atoms with Gasteiger partial charge in [0.2, 0.25) is 11.7 Å². The zero-order valence-electron chi connectivity index (χ0n) is 13.8. The first kappa shape index (κ1) is 15.4. The van der Waals surface area contributed by atoms with Gasteiger partial charge >= 0.3 is 5.97 Å². The summed E-state index contributed by atoms with van der Waals surface area (Å²) < 4.78 is 7.48. The van der Waals surface area contributed by atoms with Gasteiger partial charge in [-0.1, -0.05) is 48.5 Å². The molecule has 3 aromatic rings. The highest BCUT2D eigenvalue weighted by Crippen LogP contribution is 2.40. The topological polar surface area (TPSA) is 69.0 Å². The molecule has 1 fully saturated rings. The molecule has 1 aliphatic heterocycles. The Labute approximate surface area is 145 Å². The third-order valence-electron chi connectivity index (χ3n) is 4.26. The molecule has 6 nitrogen and oxygen atoms in total. The SMILES string of the molecule is Cc1nc(Nc2ccccc2)n(C2(c3ccccc3)CCC(=O)O2)n1. The van der Waals surface area contributed by atoms with Gasteiger partial charge in [0, 0.05) is 17.7 Å². The Hall–Kier alpha value is -3.15. The van der Waals surface area contributed by atoms with Gasteiger partial charge in [0.15, 0.2) is 0 Å². The lowest BCUT2D eigenvalue weighted by Crippen LogP contribution is -2.36. The van der Waals surface area contributed by atoms with E-state index >= 15 is 0 Å². The number of hydrogen-bond donors (Lipinski definition) is 1. The van der Waals surface area contributed by atoms with Crippen LogP contribution in [0.25, 0.3) is 0 Å². The summed E-state index contributed by atoms with van der Waals surface area (Å²) in [6.45, 7) is 1.82. The van der Waals surface area contributed by atoms with Crippen molar-refractivity contribution in [2.45, 2.75) is 25.5 Å². The van der Waals surface area contributed by atoms with E-state index in [1.807, 2.05) is 67.6 Å². The number of carbonyl (C=O) groups is 1.